The Bertz CT molecular complexity index is 897. The van der Waals surface area contributed by atoms with E-state index in [2.05, 4.69) is 0 Å². The molecule has 1 N–H and O–H groups in total. The number of carbonyl (C=O) groups is 2. The van der Waals surface area contributed by atoms with Crippen molar-refractivity contribution >= 4 is 29.0 Å². The number of rotatable bonds is 5. The predicted molar refractivity (Wildman–Crippen MR) is 97.2 cm³/mol. The second kappa shape index (κ2) is 7.61. The van der Waals surface area contributed by atoms with Crippen molar-refractivity contribution < 1.29 is 23.8 Å². The van der Waals surface area contributed by atoms with Crippen LogP contribution in [0.5, 0.6) is 11.5 Å². The minimum absolute atomic E-state index is 0.102. The number of hydrogen-bond donors (Lipinski definition) is 1. The van der Waals surface area contributed by atoms with E-state index < -0.39 is 17.0 Å². The molecule has 0 radical (unpaired) electrons. The van der Waals surface area contributed by atoms with Gasteiger partial charge in [0.25, 0.3) is 11.1 Å². The summed E-state index contributed by atoms with van der Waals surface area (Å²) in [6, 6.07) is 10.9. The van der Waals surface area contributed by atoms with Crippen LogP contribution in [0.3, 0.4) is 0 Å². The first-order valence-corrected chi connectivity index (χ1v) is 8.76. The Morgan fingerprint density at radius 2 is 1.96 bits per heavy atom. The van der Waals surface area contributed by atoms with Crippen LogP contribution in [0.2, 0.25) is 0 Å². The summed E-state index contributed by atoms with van der Waals surface area (Å²) in [5.41, 5.74) is 0.629. The Morgan fingerprint density at radius 3 is 2.69 bits per heavy atom. The second-order valence-corrected chi connectivity index (χ2v) is 6.48. The molecule has 1 aliphatic rings. The van der Waals surface area contributed by atoms with Crippen LogP contribution < -0.4 is 4.74 Å². The van der Waals surface area contributed by atoms with Gasteiger partial charge in [0.15, 0.2) is 11.5 Å². The van der Waals surface area contributed by atoms with E-state index in [1.165, 1.54) is 18.2 Å². The third kappa shape index (κ3) is 3.57. The molecule has 0 bridgehead atoms. The van der Waals surface area contributed by atoms with Gasteiger partial charge in [-0.25, -0.2) is 4.39 Å². The lowest BCUT2D eigenvalue weighted by molar-refractivity contribution is -0.123. The molecule has 5 nitrogen and oxygen atoms in total. The number of phenolic OH excluding ortho intramolecular Hbond substituents is 1. The van der Waals surface area contributed by atoms with Crippen molar-refractivity contribution in [2.75, 3.05) is 6.61 Å². The summed E-state index contributed by atoms with van der Waals surface area (Å²) in [4.78, 5) is 25.9. The van der Waals surface area contributed by atoms with Crippen molar-refractivity contribution in [1.82, 2.24) is 4.90 Å². The Kier molecular flexibility index (Phi) is 5.27. The highest BCUT2D eigenvalue weighted by Gasteiger charge is 2.35. The van der Waals surface area contributed by atoms with E-state index in [-0.39, 0.29) is 22.8 Å². The van der Waals surface area contributed by atoms with Crippen LogP contribution in [0, 0.1) is 5.82 Å². The number of hydrogen-bond acceptors (Lipinski definition) is 5. The molecule has 2 aromatic carbocycles. The number of aromatic hydroxyl groups is 1. The van der Waals surface area contributed by atoms with Gasteiger partial charge in [0.2, 0.25) is 0 Å². The van der Waals surface area contributed by atoms with E-state index in [1.54, 1.807) is 37.3 Å². The maximum atomic E-state index is 13.8. The number of carbonyl (C=O) groups excluding carboxylic acids is 2. The fourth-order valence-electron chi connectivity index (χ4n) is 2.50. The molecule has 7 heteroatoms. The Morgan fingerprint density at radius 1 is 1.19 bits per heavy atom. The molecule has 0 atom stereocenters. The summed E-state index contributed by atoms with van der Waals surface area (Å²) in [5.74, 6) is -0.802. The fourth-order valence-corrected chi connectivity index (χ4v) is 3.33. The van der Waals surface area contributed by atoms with Crippen molar-refractivity contribution in [3.63, 3.8) is 0 Å². The van der Waals surface area contributed by atoms with Gasteiger partial charge in [0.1, 0.15) is 5.82 Å². The van der Waals surface area contributed by atoms with Gasteiger partial charge in [-0.05, 0) is 36.9 Å². The zero-order chi connectivity index (χ0) is 18.7. The summed E-state index contributed by atoms with van der Waals surface area (Å²) in [6.07, 6.45) is 1.43. The van der Waals surface area contributed by atoms with Crippen molar-refractivity contribution in [3.8, 4) is 11.5 Å². The summed E-state index contributed by atoms with van der Waals surface area (Å²) in [5, 5.41) is 9.75. The Hall–Kier alpha value is -2.80. The third-order valence-electron chi connectivity index (χ3n) is 3.78. The molecular weight excluding hydrogens is 357 g/mol. The summed E-state index contributed by atoms with van der Waals surface area (Å²) < 4.78 is 19.1. The highest BCUT2D eigenvalue weighted by atomic mass is 32.2. The van der Waals surface area contributed by atoms with E-state index in [0.29, 0.717) is 17.9 Å². The van der Waals surface area contributed by atoms with Crippen LogP contribution in [0.15, 0.2) is 47.4 Å². The quantitative estimate of drug-likeness (QED) is 0.797. The van der Waals surface area contributed by atoms with Gasteiger partial charge in [-0.2, -0.15) is 0 Å². The first kappa shape index (κ1) is 18.0. The van der Waals surface area contributed by atoms with Crippen molar-refractivity contribution in [2.24, 2.45) is 0 Å². The monoisotopic (exact) mass is 373 g/mol. The molecule has 0 unspecified atom stereocenters. The lowest BCUT2D eigenvalue weighted by Gasteiger charge is -2.13. The largest absolute Gasteiger partial charge is 0.504 e. The van der Waals surface area contributed by atoms with Crippen LogP contribution in [-0.2, 0) is 11.3 Å². The second-order valence-electron chi connectivity index (χ2n) is 5.49. The predicted octanol–water partition coefficient (Wildman–Crippen LogP) is 4.17. The molecular formula is C19H16FNO4S. The Balaban J connectivity index is 1.86. The van der Waals surface area contributed by atoms with Crippen LogP contribution in [0.4, 0.5) is 9.18 Å². The summed E-state index contributed by atoms with van der Waals surface area (Å²) >= 11 is 0.754. The zero-order valence-corrected chi connectivity index (χ0v) is 14.8. The van der Waals surface area contributed by atoms with E-state index in [9.17, 15) is 19.1 Å². The van der Waals surface area contributed by atoms with E-state index in [1.807, 2.05) is 0 Å². The molecule has 134 valence electrons. The molecule has 1 fully saturated rings. The fraction of sp³-hybridized carbons (Fsp3) is 0.158. The highest BCUT2D eigenvalue weighted by molar-refractivity contribution is 8.18. The normalized spacial score (nSPS) is 15.8. The lowest BCUT2D eigenvalue weighted by atomic mass is 10.1. The standard InChI is InChI=1S/C19H16FNO4S/c1-2-25-15-9-5-7-12(17(15)22)10-16-18(23)21(19(24)26-16)11-13-6-3-4-8-14(13)20/h3-10,22H,2,11H2,1H3/b16-10-. The molecule has 0 aromatic heterocycles. The number of phenols is 1. The van der Waals surface area contributed by atoms with E-state index >= 15 is 0 Å². The minimum Gasteiger partial charge on any atom is -0.504 e. The number of benzene rings is 2. The molecule has 2 aromatic rings. The lowest BCUT2D eigenvalue weighted by Crippen LogP contribution is -2.27. The number of amides is 2. The van der Waals surface area contributed by atoms with Crippen molar-refractivity contribution in [2.45, 2.75) is 13.5 Å². The zero-order valence-electron chi connectivity index (χ0n) is 13.9. The maximum Gasteiger partial charge on any atom is 0.293 e. The number of ether oxygens (including phenoxy) is 1. The van der Waals surface area contributed by atoms with Crippen molar-refractivity contribution in [3.05, 3.63) is 64.3 Å². The number of nitrogens with zero attached hydrogens (tertiary/aromatic N) is 1. The molecule has 0 saturated carbocycles. The van der Waals surface area contributed by atoms with Crippen LogP contribution >= 0.6 is 11.8 Å². The van der Waals surface area contributed by atoms with Gasteiger partial charge in [-0.3, -0.25) is 14.5 Å². The third-order valence-corrected chi connectivity index (χ3v) is 4.68. The molecule has 1 aliphatic heterocycles. The molecule has 26 heavy (non-hydrogen) atoms. The first-order chi connectivity index (χ1) is 12.5. The molecule has 0 aliphatic carbocycles. The van der Waals surface area contributed by atoms with E-state index in [0.717, 1.165) is 16.7 Å². The van der Waals surface area contributed by atoms with Crippen LogP contribution in [0.25, 0.3) is 6.08 Å². The summed E-state index contributed by atoms with van der Waals surface area (Å²) in [7, 11) is 0. The first-order valence-electron chi connectivity index (χ1n) is 7.94. The Labute approximate surface area is 154 Å². The molecule has 2 amide bonds. The van der Waals surface area contributed by atoms with Gasteiger partial charge < -0.3 is 9.84 Å². The van der Waals surface area contributed by atoms with Crippen LogP contribution in [0.1, 0.15) is 18.1 Å². The van der Waals surface area contributed by atoms with Crippen molar-refractivity contribution in [1.29, 1.82) is 0 Å². The van der Waals surface area contributed by atoms with Gasteiger partial charge in [-0.1, -0.05) is 30.3 Å². The van der Waals surface area contributed by atoms with Gasteiger partial charge in [-0.15, -0.1) is 0 Å². The number of halogens is 1. The minimum atomic E-state index is -0.524. The number of para-hydroxylation sites is 1. The number of imide groups is 1. The highest BCUT2D eigenvalue weighted by Crippen LogP contribution is 2.37. The van der Waals surface area contributed by atoms with Gasteiger partial charge in [0.05, 0.1) is 18.1 Å². The SMILES string of the molecule is CCOc1cccc(/C=C2\SC(=O)N(Cc3ccccc3F)C2=O)c1O. The van der Waals surface area contributed by atoms with Gasteiger partial charge >= 0.3 is 0 Å². The topological polar surface area (TPSA) is 66.8 Å². The maximum absolute atomic E-state index is 13.8. The molecule has 0 spiro atoms. The average Bonchev–Trinajstić information content (AvgIpc) is 2.88. The van der Waals surface area contributed by atoms with Gasteiger partial charge in [0, 0.05) is 11.1 Å². The molecule has 1 saturated heterocycles. The molecule has 3 rings (SSSR count). The molecule has 1 heterocycles. The smallest absolute Gasteiger partial charge is 0.293 e. The van der Waals surface area contributed by atoms with Crippen LogP contribution in [-0.4, -0.2) is 27.8 Å². The number of thioether (sulfide) groups is 1. The summed E-state index contributed by atoms with van der Waals surface area (Å²) in [6.45, 7) is 2.04. The average molecular weight is 373 g/mol. The van der Waals surface area contributed by atoms with E-state index in [4.69, 9.17) is 4.74 Å².